The van der Waals surface area contributed by atoms with Crippen LogP contribution in [0.3, 0.4) is 0 Å². The SMILES string of the molecule is COC(=O)[C@H](Cc1ccc(-n2c(=O)c3ccncc3n(C)c2=O)c(OC)c1)NC(=O)c1c(F)cc(N2CCOC[C@@H]2C(F)(F)F)cc1F. The van der Waals surface area contributed by atoms with E-state index in [9.17, 15) is 32.3 Å². The molecule has 1 aliphatic rings. The predicted octanol–water partition coefficient (Wildman–Crippen LogP) is 2.65. The number of halogens is 5. The van der Waals surface area contributed by atoms with Gasteiger partial charge in [-0.1, -0.05) is 6.07 Å². The van der Waals surface area contributed by atoms with Gasteiger partial charge in [0.05, 0.1) is 50.2 Å². The average molecular weight is 678 g/mol. The van der Waals surface area contributed by atoms with Gasteiger partial charge in [-0.2, -0.15) is 13.2 Å². The zero-order chi connectivity index (χ0) is 34.9. The number of pyridine rings is 1. The largest absolute Gasteiger partial charge is 0.495 e. The van der Waals surface area contributed by atoms with Gasteiger partial charge < -0.3 is 24.4 Å². The number of esters is 1. The van der Waals surface area contributed by atoms with Crippen molar-refractivity contribution in [3.63, 3.8) is 0 Å². The van der Waals surface area contributed by atoms with Crippen molar-refractivity contribution < 1.29 is 45.8 Å². The molecule has 0 unspecified atom stereocenters. The molecule has 12 nitrogen and oxygen atoms in total. The minimum absolute atomic E-state index is 0.0444. The summed E-state index contributed by atoms with van der Waals surface area (Å²) in [5.41, 5.74) is -2.20. The number of methoxy groups -OCH3 is 2. The van der Waals surface area contributed by atoms with Crippen LogP contribution in [-0.2, 0) is 27.7 Å². The molecule has 1 aliphatic heterocycles. The molecule has 1 N–H and O–H groups in total. The van der Waals surface area contributed by atoms with Crippen LogP contribution >= 0.6 is 0 Å². The quantitative estimate of drug-likeness (QED) is 0.221. The predicted molar refractivity (Wildman–Crippen MR) is 160 cm³/mol. The van der Waals surface area contributed by atoms with Crippen LogP contribution in [0.25, 0.3) is 16.6 Å². The van der Waals surface area contributed by atoms with E-state index in [1.54, 1.807) is 0 Å². The number of hydrogen-bond donors (Lipinski definition) is 1. The molecule has 48 heavy (non-hydrogen) atoms. The fourth-order valence-corrected chi connectivity index (χ4v) is 5.47. The second kappa shape index (κ2) is 13.4. The van der Waals surface area contributed by atoms with Crippen molar-refractivity contribution in [2.45, 2.75) is 24.7 Å². The first-order valence-electron chi connectivity index (χ1n) is 14.3. The highest BCUT2D eigenvalue weighted by molar-refractivity contribution is 5.97. The maximum atomic E-state index is 15.2. The fraction of sp³-hybridized carbons (Fsp3) is 0.323. The number of carbonyl (C=O) groups is 2. The fourth-order valence-electron chi connectivity index (χ4n) is 5.47. The second-order valence-electron chi connectivity index (χ2n) is 10.7. The van der Waals surface area contributed by atoms with Gasteiger partial charge in [-0.05, 0) is 35.9 Å². The van der Waals surface area contributed by atoms with E-state index in [0.29, 0.717) is 23.2 Å². The molecule has 0 bridgehead atoms. The summed E-state index contributed by atoms with van der Waals surface area (Å²) in [6.07, 6.45) is -2.27. The molecule has 0 saturated carbocycles. The van der Waals surface area contributed by atoms with Crippen molar-refractivity contribution in [2.24, 2.45) is 7.05 Å². The van der Waals surface area contributed by atoms with E-state index in [0.717, 1.165) is 16.6 Å². The van der Waals surface area contributed by atoms with Crippen LogP contribution in [0, 0.1) is 11.6 Å². The van der Waals surface area contributed by atoms with Gasteiger partial charge in [0.15, 0.2) is 0 Å². The summed E-state index contributed by atoms with van der Waals surface area (Å²) in [5, 5.41) is 2.43. The van der Waals surface area contributed by atoms with E-state index in [4.69, 9.17) is 14.2 Å². The number of hydrogen-bond acceptors (Lipinski definition) is 9. The van der Waals surface area contributed by atoms with Crippen LogP contribution < -0.4 is 26.2 Å². The van der Waals surface area contributed by atoms with Gasteiger partial charge in [0, 0.05) is 31.9 Å². The number of aromatic nitrogens is 3. The lowest BCUT2D eigenvalue weighted by atomic mass is 10.0. The number of nitrogens with one attached hydrogen (secondary N) is 1. The lowest BCUT2D eigenvalue weighted by molar-refractivity contribution is -0.167. The highest BCUT2D eigenvalue weighted by atomic mass is 19.4. The lowest BCUT2D eigenvalue weighted by Gasteiger charge is -2.38. The Balaban J connectivity index is 1.43. The van der Waals surface area contributed by atoms with Crippen LogP contribution in [0.15, 0.2) is 58.4 Å². The number of anilines is 1. The number of fused-ring (bicyclic) bond motifs is 1. The molecule has 2 aromatic carbocycles. The van der Waals surface area contributed by atoms with Gasteiger partial charge >= 0.3 is 17.8 Å². The molecule has 2 aromatic heterocycles. The van der Waals surface area contributed by atoms with E-state index in [1.807, 2.05) is 0 Å². The molecule has 5 rings (SSSR count). The summed E-state index contributed by atoms with van der Waals surface area (Å²) >= 11 is 0. The minimum Gasteiger partial charge on any atom is -0.495 e. The summed E-state index contributed by atoms with van der Waals surface area (Å²) in [4.78, 5) is 56.9. The van der Waals surface area contributed by atoms with Crippen molar-refractivity contribution in [2.75, 3.05) is 38.9 Å². The van der Waals surface area contributed by atoms with E-state index < -0.39 is 70.9 Å². The van der Waals surface area contributed by atoms with E-state index >= 15 is 8.78 Å². The number of ether oxygens (including phenoxy) is 3. The lowest BCUT2D eigenvalue weighted by Crippen LogP contribution is -2.53. The highest BCUT2D eigenvalue weighted by Gasteiger charge is 2.46. The Kier molecular flexibility index (Phi) is 9.52. The first-order chi connectivity index (χ1) is 22.8. The Morgan fingerprint density at radius 3 is 2.46 bits per heavy atom. The van der Waals surface area contributed by atoms with E-state index in [2.05, 4.69) is 10.3 Å². The minimum atomic E-state index is -4.75. The summed E-state index contributed by atoms with van der Waals surface area (Å²) in [5.74, 6) is -5.22. The number of carbonyl (C=O) groups excluding carboxylic acids is 2. The Labute approximate surface area is 268 Å². The molecule has 0 radical (unpaired) electrons. The molecule has 2 atom stereocenters. The molecule has 17 heteroatoms. The molecule has 254 valence electrons. The van der Waals surface area contributed by atoms with Gasteiger partial charge in [0.2, 0.25) is 0 Å². The third kappa shape index (κ3) is 6.45. The average Bonchev–Trinajstić information content (AvgIpc) is 3.06. The number of morpholine rings is 1. The number of rotatable bonds is 8. The van der Waals surface area contributed by atoms with Crippen LogP contribution in [0.2, 0.25) is 0 Å². The van der Waals surface area contributed by atoms with Crippen LogP contribution in [0.4, 0.5) is 27.6 Å². The molecule has 1 amide bonds. The van der Waals surface area contributed by atoms with Crippen molar-refractivity contribution in [1.82, 2.24) is 19.4 Å². The summed E-state index contributed by atoms with van der Waals surface area (Å²) in [7, 11) is 3.78. The van der Waals surface area contributed by atoms with Crippen LogP contribution in [-0.4, -0.2) is 78.2 Å². The van der Waals surface area contributed by atoms with Crippen LogP contribution in [0.1, 0.15) is 15.9 Å². The third-order valence-electron chi connectivity index (χ3n) is 7.88. The van der Waals surface area contributed by atoms with Gasteiger partial charge in [-0.15, -0.1) is 0 Å². The molecule has 0 spiro atoms. The first-order valence-corrected chi connectivity index (χ1v) is 14.3. The molecular formula is C31H28F5N5O7. The van der Waals surface area contributed by atoms with Crippen molar-refractivity contribution in [1.29, 1.82) is 0 Å². The number of alkyl halides is 3. The monoisotopic (exact) mass is 677 g/mol. The van der Waals surface area contributed by atoms with E-state index in [-0.39, 0.29) is 36.4 Å². The second-order valence-corrected chi connectivity index (χ2v) is 10.7. The zero-order valence-electron chi connectivity index (χ0n) is 25.6. The zero-order valence-corrected chi connectivity index (χ0v) is 25.6. The van der Waals surface area contributed by atoms with E-state index in [1.165, 1.54) is 55.4 Å². The Hall–Kier alpha value is -5.32. The Morgan fingerprint density at radius 2 is 1.81 bits per heavy atom. The Bertz CT molecular complexity index is 1990. The molecule has 0 aliphatic carbocycles. The third-order valence-corrected chi connectivity index (χ3v) is 7.88. The van der Waals surface area contributed by atoms with Gasteiger partial charge in [-0.25, -0.2) is 22.9 Å². The number of nitrogens with zero attached hydrogens (tertiary/aromatic N) is 4. The smallest absolute Gasteiger partial charge is 0.411 e. The van der Waals surface area contributed by atoms with Gasteiger partial charge in [0.25, 0.3) is 11.5 Å². The van der Waals surface area contributed by atoms with Gasteiger partial charge in [-0.3, -0.25) is 19.1 Å². The number of amides is 1. The first kappa shape index (κ1) is 34.0. The standard InChI is InChI=1S/C31H28F5N5O7/c1-39-23-14-37-7-6-18(23)28(43)41(30(39)45)22-5-4-16(11-24(22)46-2)10-21(29(44)47-3)38-27(42)26-19(32)12-17(13-20(26)33)40-8-9-48-15-25(40)31(34,35)36/h4-7,11-14,21,25H,8-10,15H2,1-3H3,(H,38,42)/t21-,25+/m0/s1. The summed E-state index contributed by atoms with van der Waals surface area (Å²) in [6.45, 7) is -1.16. The normalized spacial score (nSPS) is 15.7. The topological polar surface area (TPSA) is 134 Å². The molecular weight excluding hydrogens is 649 g/mol. The Morgan fingerprint density at radius 1 is 1.10 bits per heavy atom. The van der Waals surface area contributed by atoms with Gasteiger partial charge in [0.1, 0.15) is 35.0 Å². The summed E-state index contributed by atoms with van der Waals surface area (Å²) < 4.78 is 88.1. The molecule has 1 saturated heterocycles. The number of aryl methyl sites for hydroxylation is 1. The van der Waals surface area contributed by atoms with Crippen molar-refractivity contribution >= 4 is 28.5 Å². The molecule has 3 heterocycles. The number of benzene rings is 2. The van der Waals surface area contributed by atoms with Crippen molar-refractivity contribution in [3.05, 3.63) is 92.4 Å². The maximum absolute atomic E-state index is 15.2. The summed E-state index contributed by atoms with van der Waals surface area (Å²) in [6, 6.07) is 3.24. The maximum Gasteiger partial charge on any atom is 0.411 e. The molecule has 1 fully saturated rings. The van der Waals surface area contributed by atoms with Crippen molar-refractivity contribution in [3.8, 4) is 11.4 Å². The van der Waals surface area contributed by atoms with Crippen LogP contribution in [0.5, 0.6) is 5.75 Å². The highest BCUT2D eigenvalue weighted by Crippen LogP contribution is 2.33. The molecule has 4 aromatic rings.